The molecule has 1 rings (SSSR count). The van der Waals surface area contributed by atoms with Gasteiger partial charge in [0.1, 0.15) is 10.2 Å². The second kappa shape index (κ2) is 3.96. The molecule has 0 heterocycles. The van der Waals surface area contributed by atoms with Gasteiger partial charge in [-0.15, -0.1) is 0 Å². The fourth-order valence-corrected chi connectivity index (χ4v) is 1.81. The minimum absolute atomic E-state index is 0.0702. The lowest BCUT2D eigenvalue weighted by Crippen LogP contribution is -1.97. The molecule has 0 amide bonds. The second-order valence-corrected chi connectivity index (χ2v) is 3.73. The average molecular weight is 260 g/mol. The van der Waals surface area contributed by atoms with Crippen LogP contribution in [0.2, 0.25) is 0 Å². The Hall–Kier alpha value is -1.10. The molecular weight excluding hydrogens is 250 g/mol. The molecule has 0 saturated carbocycles. The number of nitrogens with zero attached hydrogens (tertiary/aromatic N) is 1. The van der Waals surface area contributed by atoms with Crippen molar-refractivity contribution in [3.63, 3.8) is 0 Å². The molecule has 76 valence electrons. The van der Waals surface area contributed by atoms with Crippen LogP contribution >= 0.6 is 15.9 Å². The first-order valence-corrected chi connectivity index (χ1v) is 4.76. The maximum absolute atomic E-state index is 10.7. The molecular formula is C9H10BrNO3. The Bertz CT molecular complexity index is 390. The van der Waals surface area contributed by atoms with E-state index in [1.165, 1.54) is 6.07 Å². The summed E-state index contributed by atoms with van der Waals surface area (Å²) >= 11 is 3.18. The number of benzene rings is 1. The first-order chi connectivity index (χ1) is 6.49. The zero-order valence-electron chi connectivity index (χ0n) is 8.13. The van der Waals surface area contributed by atoms with E-state index in [0.717, 1.165) is 11.1 Å². The van der Waals surface area contributed by atoms with Crippen LogP contribution in [0.3, 0.4) is 0 Å². The minimum atomic E-state index is -0.413. The fourth-order valence-electron chi connectivity index (χ4n) is 1.37. The number of nitro groups is 1. The van der Waals surface area contributed by atoms with Crippen molar-refractivity contribution >= 4 is 21.6 Å². The minimum Gasteiger partial charge on any atom is -0.496 e. The van der Waals surface area contributed by atoms with Crippen molar-refractivity contribution in [2.75, 3.05) is 7.11 Å². The van der Waals surface area contributed by atoms with Crippen molar-refractivity contribution in [1.82, 2.24) is 0 Å². The van der Waals surface area contributed by atoms with E-state index in [-0.39, 0.29) is 5.69 Å². The lowest BCUT2D eigenvalue weighted by molar-refractivity contribution is -0.385. The summed E-state index contributed by atoms with van der Waals surface area (Å²) in [6, 6.07) is 1.50. The summed E-state index contributed by atoms with van der Waals surface area (Å²) in [6.07, 6.45) is 0. The molecule has 0 aliphatic carbocycles. The van der Waals surface area contributed by atoms with Crippen LogP contribution < -0.4 is 4.74 Å². The largest absolute Gasteiger partial charge is 0.496 e. The van der Waals surface area contributed by atoms with Crippen LogP contribution in [0.1, 0.15) is 11.1 Å². The topological polar surface area (TPSA) is 52.4 Å². The highest BCUT2D eigenvalue weighted by Gasteiger charge is 2.18. The molecule has 0 aliphatic heterocycles. The van der Waals surface area contributed by atoms with Crippen LogP contribution in [0.25, 0.3) is 0 Å². The summed E-state index contributed by atoms with van der Waals surface area (Å²) in [4.78, 5) is 10.2. The zero-order valence-corrected chi connectivity index (χ0v) is 9.71. The molecule has 0 unspecified atom stereocenters. The normalized spacial score (nSPS) is 10.0. The lowest BCUT2D eigenvalue weighted by atomic mass is 10.1. The summed E-state index contributed by atoms with van der Waals surface area (Å²) in [5.74, 6) is 0.683. The average Bonchev–Trinajstić information content (AvgIpc) is 2.12. The standard InChI is InChI=1S/C9H10BrNO3/c1-5-4-7(11(12)13)8(10)6(2)9(5)14-3/h4H,1-3H3. The predicted molar refractivity (Wildman–Crippen MR) is 56.8 cm³/mol. The van der Waals surface area contributed by atoms with Gasteiger partial charge < -0.3 is 4.74 Å². The predicted octanol–water partition coefficient (Wildman–Crippen LogP) is 2.98. The Morgan fingerprint density at radius 1 is 1.50 bits per heavy atom. The highest BCUT2D eigenvalue weighted by atomic mass is 79.9. The van der Waals surface area contributed by atoms with E-state index in [4.69, 9.17) is 4.74 Å². The summed E-state index contributed by atoms with van der Waals surface area (Å²) in [7, 11) is 1.55. The monoisotopic (exact) mass is 259 g/mol. The molecule has 4 nitrogen and oxygen atoms in total. The molecule has 0 atom stereocenters. The van der Waals surface area contributed by atoms with E-state index in [1.54, 1.807) is 21.0 Å². The summed E-state index contributed by atoms with van der Waals surface area (Å²) in [5.41, 5.74) is 1.58. The fraction of sp³-hybridized carbons (Fsp3) is 0.333. The summed E-state index contributed by atoms with van der Waals surface area (Å²) in [5, 5.41) is 10.7. The van der Waals surface area contributed by atoms with Crippen LogP contribution in [0.4, 0.5) is 5.69 Å². The number of hydrogen-bond donors (Lipinski definition) is 0. The zero-order chi connectivity index (χ0) is 10.9. The number of aryl methyl sites for hydroxylation is 1. The molecule has 0 aliphatic rings. The Morgan fingerprint density at radius 3 is 2.50 bits per heavy atom. The summed E-state index contributed by atoms with van der Waals surface area (Å²) in [6.45, 7) is 3.56. The van der Waals surface area contributed by atoms with Crippen LogP contribution in [0, 0.1) is 24.0 Å². The van der Waals surface area contributed by atoms with E-state index in [9.17, 15) is 10.1 Å². The number of rotatable bonds is 2. The highest BCUT2D eigenvalue weighted by molar-refractivity contribution is 9.10. The third-order valence-corrected chi connectivity index (χ3v) is 3.01. The quantitative estimate of drug-likeness (QED) is 0.606. The van der Waals surface area contributed by atoms with Gasteiger partial charge in [-0.2, -0.15) is 0 Å². The molecule has 0 aromatic heterocycles. The van der Waals surface area contributed by atoms with Gasteiger partial charge >= 0.3 is 0 Å². The number of nitro benzene ring substituents is 1. The second-order valence-electron chi connectivity index (χ2n) is 2.94. The van der Waals surface area contributed by atoms with E-state index < -0.39 is 4.92 Å². The molecule has 1 aromatic carbocycles. The Labute approximate surface area is 90.2 Å². The molecule has 0 fully saturated rings. The van der Waals surface area contributed by atoms with Gasteiger partial charge in [-0.05, 0) is 35.3 Å². The van der Waals surface area contributed by atoms with Crippen molar-refractivity contribution in [2.24, 2.45) is 0 Å². The van der Waals surface area contributed by atoms with Crippen LogP contribution in [0.5, 0.6) is 5.75 Å². The van der Waals surface area contributed by atoms with Gasteiger partial charge in [0.15, 0.2) is 0 Å². The molecule has 0 N–H and O–H groups in total. The van der Waals surface area contributed by atoms with Gasteiger partial charge in [0.05, 0.1) is 12.0 Å². The van der Waals surface area contributed by atoms with Crippen LogP contribution in [0.15, 0.2) is 10.5 Å². The Balaban J connectivity index is 3.47. The van der Waals surface area contributed by atoms with Crippen LogP contribution in [-0.4, -0.2) is 12.0 Å². The SMILES string of the molecule is COc1c(C)cc([N+](=O)[O-])c(Br)c1C. The Kier molecular flexibility index (Phi) is 3.10. The van der Waals surface area contributed by atoms with Crippen molar-refractivity contribution < 1.29 is 9.66 Å². The van der Waals surface area contributed by atoms with Gasteiger partial charge in [-0.3, -0.25) is 10.1 Å². The van der Waals surface area contributed by atoms with Gasteiger partial charge in [0.25, 0.3) is 5.69 Å². The number of halogens is 1. The smallest absolute Gasteiger partial charge is 0.284 e. The van der Waals surface area contributed by atoms with Crippen LogP contribution in [-0.2, 0) is 0 Å². The molecule has 1 aromatic rings. The third-order valence-electron chi connectivity index (χ3n) is 2.01. The first-order valence-electron chi connectivity index (χ1n) is 3.97. The van der Waals surface area contributed by atoms with E-state index in [2.05, 4.69) is 15.9 Å². The van der Waals surface area contributed by atoms with Gasteiger partial charge in [-0.1, -0.05) is 0 Å². The maximum Gasteiger partial charge on any atom is 0.284 e. The molecule has 14 heavy (non-hydrogen) atoms. The van der Waals surface area contributed by atoms with Gasteiger partial charge in [-0.25, -0.2) is 0 Å². The van der Waals surface area contributed by atoms with Crippen molar-refractivity contribution in [3.05, 3.63) is 31.8 Å². The molecule has 0 radical (unpaired) electrons. The van der Waals surface area contributed by atoms with Gasteiger partial charge in [0.2, 0.25) is 0 Å². The first kappa shape index (κ1) is 11.0. The van der Waals surface area contributed by atoms with Crippen molar-refractivity contribution in [2.45, 2.75) is 13.8 Å². The number of ether oxygens (including phenoxy) is 1. The molecule has 0 spiro atoms. The molecule has 5 heteroatoms. The number of methoxy groups -OCH3 is 1. The van der Waals surface area contributed by atoms with Gasteiger partial charge in [0, 0.05) is 11.6 Å². The van der Waals surface area contributed by atoms with E-state index in [1.807, 2.05) is 0 Å². The molecule has 0 bridgehead atoms. The number of hydrogen-bond acceptors (Lipinski definition) is 3. The van der Waals surface area contributed by atoms with Crippen molar-refractivity contribution in [3.8, 4) is 5.75 Å². The van der Waals surface area contributed by atoms with E-state index in [0.29, 0.717) is 10.2 Å². The molecule has 0 saturated heterocycles. The maximum atomic E-state index is 10.7. The summed E-state index contributed by atoms with van der Waals surface area (Å²) < 4.78 is 5.62. The lowest BCUT2D eigenvalue weighted by Gasteiger charge is -2.09. The van der Waals surface area contributed by atoms with Crippen molar-refractivity contribution in [1.29, 1.82) is 0 Å². The van der Waals surface area contributed by atoms with E-state index >= 15 is 0 Å². The highest BCUT2D eigenvalue weighted by Crippen LogP contribution is 2.36. The third kappa shape index (κ3) is 1.72. The Morgan fingerprint density at radius 2 is 2.07 bits per heavy atom.